The van der Waals surface area contributed by atoms with Gasteiger partial charge >= 0.3 is 0 Å². The van der Waals surface area contributed by atoms with E-state index in [1.54, 1.807) is 0 Å². The average molecular weight is 176 g/mol. The van der Waals surface area contributed by atoms with Gasteiger partial charge < -0.3 is 4.90 Å². The maximum atomic E-state index is 5.78. The van der Waals surface area contributed by atoms with E-state index in [1.165, 1.54) is 0 Å². The van der Waals surface area contributed by atoms with E-state index in [1.807, 2.05) is 6.92 Å². The Bertz CT molecular complexity index is 106. The molecular formula is C9H18ClN. The molecule has 0 aliphatic rings. The minimum Gasteiger partial charge on any atom is -0.378 e. The monoisotopic (exact) mass is 175 g/mol. The number of allylic oxidation sites excluding steroid dienone is 1. The van der Waals surface area contributed by atoms with Gasteiger partial charge in [-0.15, -0.1) is 11.6 Å². The molecule has 0 aromatic carbocycles. The summed E-state index contributed by atoms with van der Waals surface area (Å²) in [6.07, 6.45) is 5.21. The van der Waals surface area contributed by atoms with Crippen LogP contribution in [0.5, 0.6) is 0 Å². The van der Waals surface area contributed by atoms with E-state index in [9.17, 15) is 0 Å². The first-order valence-corrected chi connectivity index (χ1v) is 4.69. The third kappa shape index (κ3) is 6.24. The number of hydrogen-bond acceptors (Lipinski definition) is 1. The molecule has 1 nitrogen and oxygen atoms in total. The van der Waals surface area contributed by atoms with Crippen LogP contribution in [0.1, 0.15) is 27.2 Å². The molecule has 0 aliphatic heterocycles. The van der Waals surface area contributed by atoms with E-state index < -0.39 is 0 Å². The number of hydrogen-bond donors (Lipinski definition) is 0. The maximum absolute atomic E-state index is 5.78. The van der Waals surface area contributed by atoms with Crippen LogP contribution in [-0.2, 0) is 0 Å². The van der Waals surface area contributed by atoms with Crippen molar-refractivity contribution in [1.29, 1.82) is 0 Å². The first kappa shape index (κ1) is 10.8. The summed E-state index contributed by atoms with van der Waals surface area (Å²) >= 11 is 5.78. The van der Waals surface area contributed by atoms with Crippen LogP contribution in [0.25, 0.3) is 0 Å². The van der Waals surface area contributed by atoms with Crippen LogP contribution >= 0.6 is 11.6 Å². The second kappa shape index (κ2) is 6.53. The van der Waals surface area contributed by atoms with Crippen molar-refractivity contribution in [1.82, 2.24) is 4.90 Å². The summed E-state index contributed by atoms with van der Waals surface area (Å²) in [6.45, 7) is 8.46. The third-order valence-corrected chi connectivity index (χ3v) is 1.77. The van der Waals surface area contributed by atoms with E-state index in [-0.39, 0.29) is 5.38 Å². The van der Waals surface area contributed by atoms with Gasteiger partial charge in [0, 0.05) is 18.5 Å². The Kier molecular flexibility index (Phi) is 6.43. The minimum atomic E-state index is 0.252. The lowest BCUT2D eigenvalue weighted by molar-refractivity contribution is 0.417. The Morgan fingerprint density at radius 1 is 1.36 bits per heavy atom. The molecule has 0 aromatic heterocycles. The molecule has 1 unspecified atom stereocenters. The molecule has 0 spiro atoms. The van der Waals surface area contributed by atoms with Gasteiger partial charge in [-0.3, -0.25) is 0 Å². The van der Waals surface area contributed by atoms with E-state index >= 15 is 0 Å². The molecule has 0 aliphatic carbocycles. The van der Waals surface area contributed by atoms with Gasteiger partial charge in [0.1, 0.15) is 0 Å². The standard InChI is InChI=1S/C9H18ClN/c1-4-11(5-2)8-6-7-9(3)10/h6,8-9H,4-5,7H2,1-3H3/b8-6-. The summed E-state index contributed by atoms with van der Waals surface area (Å²) in [4.78, 5) is 2.25. The van der Waals surface area contributed by atoms with Gasteiger partial charge in [0.25, 0.3) is 0 Å². The zero-order valence-electron chi connectivity index (χ0n) is 7.68. The largest absolute Gasteiger partial charge is 0.378 e. The molecule has 0 rings (SSSR count). The summed E-state index contributed by atoms with van der Waals surface area (Å²) in [7, 11) is 0. The van der Waals surface area contributed by atoms with E-state index in [0.717, 1.165) is 19.5 Å². The molecule has 1 atom stereocenters. The summed E-state index contributed by atoms with van der Waals surface area (Å²) in [5.74, 6) is 0. The lowest BCUT2D eigenvalue weighted by atomic mass is 10.3. The molecule has 0 N–H and O–H groups in total. The predicted octanol–water partition coefficient (Wildman–Crippen LogP) is 2.86. The van der Waals surface area contributed by atoms with Crippen LogP contribution in [0, 0.1) is 0 Å². The molecule has 0 heterocycles. The second-order valence-corrected chi connectivity index (χ2v) is 3.37. The molecule has 0 radical (unpaired) electrons. The van der Waals surface area contributed by atoms with Gasteiger partial charge in [0.15, 0.2) is 0 Å². The zero-order chi connectivity index (χ0) is 8.69. The highest BCUT2D eigenvalue weighted by atomic mass is 35.5. The van der Waals surface area contributed by atoms with E-state index in [2.05, 4.69) is 31.0 Å². The molecule has 0 saturated heterocycles. The molecule has 0 bridgehead atoms. The quantitative estimate of drug-likeness (QED) is 0.581. The zero-order valence-corrected chi connectivity index (χ0v) is 8.43. The van der Waals surface area contributed by atoms with Crippen LogP contribution in [-0.4, -0.2) is 23.4 Å². The highest BCUT2D eigenvalue weighted by Gasteiger charge is 1.92. The highest BCUT2D eigenvalue weighted by Crippen LogP contribution is 2.01. The summed E-state index contributed by atoms with van der Waals surface area (Å²) < 4.78 is 0. The molecule has 0 amide bonds. The van der Waals surface area contributed by atoms with Gasteiger partial charge in [-0.25, -0.2) is 0 Å². The smallest absolute Gasteiger partial charge is 0.0342 e. The van der Waals surface area contributed by atoms with Crippen LogP contribution in [0.3, 0.4) is 0 Å². The van der Waals surface area contributed by atoms with Gasteiger partial charge in [0.05, 0.1) is 0 Å². The van der Waals surface area contributed by atoms with Crippen molar-refractivity contribution in [2.24, 2.45) is 0 Å². The fourth-order valence-corrected chi connectivity index (χ4v) is 0.935. The fraction of sp³-hybridized carbons (Fsp3) is 0.778. The van der Waals surface area contributed by atoms with Crippen molar-refractivity contribution in [3.63, 3.8) is 0 Å². The van der Waals surface area contributed by atoms with Crippen LogP contribution in [0.4, 0.5) is 0 Å². The molecule has 0 aromatic rings. The van der Waals surface area contributed by atoms with Gasteiger partial charge in [-0.1, -0.05) is 6.08 Å². The Morgan fingerprint density at radius 3 is 2.27 bits per heavy atom. The first-order chi connectivity index (χ1) is 5.20. The molecular weight excluding hydrogens is 158 g/mol. The summed E-state index contributed by atoms with van der Waals surface area (Å²) in [5, 5.41) is 0.252. The Hall–Kier alpha value is -0.170. The van der Waals surface area contributed by atoms with Crippen molar-refractivity contribution >= 4 is 11.6 Å². The van der Waals surface area contributed by atoms with Crippen molar-refractivity contribution in [3.8, 4) is 0 Å². The van der Waals surface area contributed by atoms with Crippen molar-refractivity contribution in [2.45, 2.75) is 32.6 Å². The summed E-state index contributed by atoms with van der Waals surface area (Å²) in [5.41, 5.74) is 0. The van der Waals surface area contributed by atoms with Crippen molar-refractivity contribution in [2.75, 3.05) is 13.1 Å². The lowest BCUT2D eigenvalue weighted by Gasteiger charge is -2.14. The van der Waals surface area contributed by atoms with Crippen LogP contribution in [0.2, 0.25) is 0 Å². The lowest BCUT2D eigenvalue weighted by Crippen LogP contribution is -2.15. The number of alkyl halides is 1. The normalized spacial score (nSPS) is 13.8. The number of rotatable bonds is 5. The Morgan fingerprint density at radius 2 is 1.91 bits per heavy atom. The van der Waals surface area contributed by atoms with Crippen molar-refractivity contribution < 1.29 is 0 Å². The molecule has 11 heavy (non-hydrogen) atoms. The van der Waals surface area contributed by atoms with Crippen molar-refractivity contribution in [3.05, 3.63) is 12.3 Å². The van der Waals surface area contributed by atoms with Crippen LogP contribution < -0.4 is 0 Å². The number of halogens is 1. The topological polar surface area (TPSA) is 3.24 Å². The van der Waals surface area contributed by atoms with Gasteiger partial charge in [0.2, 0.25) is 0 Å². The second-order valence-electron chi connectivity index (χ2n) is 2.62. The number of nitrogens with zero attached hydrogens (tertiary/aromatic N) is 1. The van der Waals surface area contributed by atoms with Gasteiger partial charge in [-0.2, -0.15) is 0 Å². The summed E-state index contributed by atoms with van der Waals surface area (Å²) in [6, 6.07) is 0. The molecule has 0 saturated carbocycles. The average Bonchev–Trinajstić information content (AvgIpc) is 1.98. The molecule has 66 valence electrons. The Balaban J connectivity index is 3.53. The third-order valence-electron chi connectivity index (χ3n) is 1.59. The SMILES string of the molecule is CCN(/C=C\CC(C)Cl)CC. The Labute approximate surface area is 75.0 Å². The fourth-order valence-electron chi connectivity index (χ4n) is 0.832. The van der Waals surface area contributed by atoms with Crippen LogP contribution in [0.15, 0.2) is 12.3 Å². The van der Waals surface area contributed by atoms with E-state index in [4.69, 9.17) is 11.6 Å². The molecule has 0 fully saturated rings. The van der Waals surface area contributed by atoms with E-state index in [0.29, 0.717) is 0 Å². The minimum absolute atomic E-state index is 0.252. The predicted molar refractivity (Wildman–Crippen MR) is 52.0 cm³/mol. The maximum Gasteiger partial charge on any atom is 0.0342 e. The highest BCUT2D eigenvalue weighted by molar-refractivity contribution is 6.20. The first-order valence-electron chi connectivity index (χ1n) is 4.25. The molecule has 2 heteroatoms. The van der Waals surface area contributed by atoms with Gasteiger partial charge in [-0.05, 0) is 33.4 Å².